The Hall–Kier alpha value is -1.08. The van der Waals surface area contributed by atoms with Crippen molar-refractivity contribution in [1.82, 2.24) is 4.48 Å². The number of nitrogens with zero attached hydrogens (tertiary/aromatic N) is 1. The monoisotopic (exact) mass is 162 g/mol. The second-order valence-corrected chi connectivity index (χ2v) is 3.51. The van der Waals surface area contributed by atoms with Crippen molar-refractivity contribution in [3.8, 4) is 0 Å². The average molecular weight is 162 g/mol. The van der Waals surface area contributed by atoms with Crippen molar-refractivity contribution >= 4 is 5.69 Å². The fraction of sp³-hybridized carbons (Fsp3) is 0.273. The molecule has 1 aromatic rings. The smallest absolute Gasteiger partial charge is 0.139 e. The van der Waals surface area contributed by atoms with Gasteiger partial charge >= 0.3 is 0 Å². The van der Waals surface area contributed by atoms with Gasteiger partial charge < -0.3 is 0 Å². The second kappa shape index (κ2) is 3.11. The minimum atomic E-state index is 0.729. The van der Waals surface area contributed by atoms with Crippen molar-refractivity contribution in [2.45, 2.75) is 6.92 Å². The Morgan fingerprint density at radius 2 is 1.83 bits per heavy atom. The summed E-state index contributed by atoms with van der Waals surface area (Å²) in [7, 11) is 4.24. The second-order valence-electron chi connectivity index (χ2n) is 3.51. The zero-order valence-electron chi connectivity index (χ0n) is 8.04. The maximum atomic E-state index is 3.82. The molecule has 0 spiro atoms. The van der Waals surface area contributed by atoms with Crippen LogP contribution in [0.4, 0.5) is 5.69 Å². The molecule has 1 rings (SSSR count). The Morgan fingerprint density at radius 1 is 1.25 bits per heavy atom. The molecule has 0 bridgehead atoms. The van der Waals surface area contributed by atoms with Crippen molar-refractivity contribution in [2.75, 3.05) is 14.1 Å². The summed E-state index contributed by atoms with van der Waals surface area (Å²) in [5.41, 5.74) is 2.61. The van der Waals surface area contributed by atoms with Crippen molar-refractivity contribution in [2.24, 2.45) is 0 Å². The molecule has 0 aliphatic rings. The van der Waals surface area contributed by atoms with Gasteiger partial charge in [0.15, 0.2) is 0 Å². The molecule has 0 radical (unpaired) electrons. The van der Waals surface area contributed by atoms with Crippen molar-refractivity contribution in [3.05, 3.63) is 42.6 Å². The van der Waals surface area contributed by atoms with E-state index in [1.807, 2.05) is 6.20 Å². The summed E-state index contributed by atoms with van der Waals surface area (Å²) in [6.07, 6.45) is 1.93. The molecule has 0 saturated carbocycles. The number of hydrogen-bond acceptors (Lipinski definition) is 0. The summed E-state index contributed by atoms with van der Waals surface area (Å²) in [5, 5.41) is 0. The van der Waals surface area contributed by atoms with Crippen molar-refractivity contribution in [3.63, 3.8) is 0 Å². The van der Waals surface area contributed by atoms with E-state index in [0.29, 0.717) is 0 Å². The van der Waals surface area contributed by atoms with Gasteiger partial charge in [-0.3, -0.25) is 4.48 Å². The first-order valence-electron chi connectivity index (χ1n) is 4.11. The standard InChI is InChI=1S/C11H16N/c1-5-12(3,4)11-9-7-6-8-10(11)2/h5-9H,1H2,2-4H3/q+1. The maximum absolute atomic E-state index is 3.82. The molecule has 0 aliphatic heterocycles. The highest BCUT2D eigenvalue weighted by molar-refractivity contribution is 5.50. The molecular weight excluding hydrogens is 146 g/mol. The number of rotatable bonds is 2. The van der Waals surface area contributed by atoms with Crippen LogP contribution in [-0.4, -0.2) is 14.1 Å². The molecule has 0 aliphatic carbocycles. The Morgan fingerprint density at radius 3 is 2.33 bits per heavy atom. The van der Waals surface area contributed by atoms with Gasteiger partial charge in [-0.15, -0.1) is 0 Å². The predicted octanol–water partition coefficient (Wildman–Crippen LogP) is 2.71. The summed E-state index contributed by atoms with van der Waals surface area (Å²) >= 11 is 0. The molecule has 0 atom stereocenters. The molecule has 1 heteroatoms. The topological polar surface area (TPSA) is 0 Å². The van der Waals surface area contributed by atoms with Crippen LogP contribution in [0.3, 0.4) is 0 Å². The van der Waals surface area contributed by atoms with E-state index in [1.165, 1.54) is 11.3 Å². The van der Waals surface area contributed by atoms with Gasteiger partial charge in [-0.25, -0.2) is 0 Å². The van der Waals surface area contributed by atoms with Crippen LogP contribution in [0, 0.1) is 6.92 Å². The minimum Gasteiger partial charge on any atom is -0.270 e. The molecular formula is C11H16N+. The SMILES string of the molecule is C=C[N+](C)(C)c1ccccc1C. The van der Waals surface area contributed by atoms with E-state index in [-0.39, 0.29) is 0 Å². The lowest BCUT2D eigenvalue weighted by atomic mass is 10.2. The molecule has 64 valence electrons. The number of benzene rings is 1. The third-order valence-corrected chi connectivity index (χ3v) is 2.19. The van der Waals surface area contributed by atoms with E-state index < -0.39 is 0 Å². The molecule has 0 fully saturated rings. The molecule has 0 amide bonds. The van der Waals surface area contributed by atoms with Crippen LogP contribution in [0.5, 0.6) is 0 Å². The molecule has 1 aromatic carbocycles. The van der Waals surface area contributed by atoms with Crippen LogP contribution >= 0.6 is 0 Å². The summed E-state index contributed by atoms with van der Waals surface area (Å²) in [6.45, 7) is 5.95. The molecule has 1 nitrogen and oxygen atoms in total. The summed E-state index contributed by atoms with van der Waals surface area (Å²) in [6, 6.07) is 8.38. The van der Waals surface area contributed by atoms with Crippen LogP contribution < -0.4 is 4.48 Å². The van der Waals surface area contributed by atoms with Crippen LogP contribution in [0.25, 0.3) is 0 Å². The molecule has 0 saturated heterocycles. The Kier molecular flexibility index (Phi) is 2.34. The highest BCUT2D eigenvalue weighted by atomic mass is 15.3. The number of quaternary nitrogens is 1. The van der Waals surface area contributed by atoms with Crippen LogP contribution in [0.15, 0.2) is 37.0 Å². The maximum Gasteiger partial charge on any atom is 0.139 e. The third kappa shape index (κ3) is 1.56. The Bertz CT molecular complexity index is 287. The van der Waals surface area contributed by atoms with E-state index in [4.69, 9.17) is 0 Å². The molecule has 0 unspecified atom stereocenters. The first kappa shape index (κ1) is 9.01. The number of para-hydroxylation sites is 1. The molecule has 12 heavy (non-hydrogen) atoms. The summed E-state index contributed by atoms with van der Waals surface area (Å²) < 4.78 is 0.729. The van der Waals surface area contributed by atoms with E-state index >= 15 is 0 Å². The summed E-state index contributed by atoms with van der Waals surface area (Å²) in [4.78, 5) is 0. The van der Waals surface area contributed by atoms with Gasteiger partial charge in [-0.2, -0.15) is 0 Å². The summed E-state index contributed by atoms with van der Waals surface area (Å²) in [5.74, 6) is 0. The molecule has 0 aromatic heterocycles. The fourth-order valence-electron chi connectivity index (χ4n) is 1.31. The Balaban J connectivity index is 3.19. The third-order valence-electron chi connectivity index (χ3n) is 2.19. The Labute approximate surface area is 74.5 Å². The number of hydrogen-bond donors (Lipinski definition) is 0. The van der Waals surface area contributed by atoms with Gasteiger partial charge in [0.1, 0.15) is 5.69 Å². The van der Waals surface area contributed by atoms with Gasteiger partial charge in [0.05, 0.1) is 20.3 Å². The van der Waals surface area contributed by atoms with E-state index in [0.717, 1.165) is 4.48 Å². The lowest BCUT2D eigenvalue weighted by molar-refractivity contribution is 0.538. The van der Waals surface area contributed by atoms with Gasteiger partial charge in [-0.05, 0) is 19.6 Å². The quantitative estimate of drug-likeness (QED) is 0.586. The van der Waals surface area contributed by atoms with Gasteiger partial charge in [0.2, 0.25) is 0 Å². The largest absolute Gasteiger partial charge is 0.270 e. The zero-order valence-corrected chi connectivity index (χ0v) is 8.04. The van der Waals surface area contributed by atoms with Crippen molar-refractivity contribution in [1.29, 1.82) is 0 Å². The highest BCUT2D eigenvalue weighted by Gasteiger charge is 2.16. The predicted molar refractivity (Wildman–Crippen MR) is 55.0 cm³/mol. The fourth-order valence-corrected chi connectivity index (χ4v) is 1.31. The van der Waals surface area contributed by atoms with E-state index in [1.54, 1.807) is 0 Å². The normalized spacial score (nSPS) is 11.2. The van der Waals surface area contributed by atoms with Gasteiger partial charge in [0, 0.05) is 5.56 Å². The molecule has 0 N–H and O–H groups in total. The van der Waals surface area contributed by atoms with Gasteiger partial charge in [-0.1, -0.05) is 18.2 Å². The van der Waals surface area contributed by atoms with E-state index in [9.17, 15) is 0 Å². The minimum absolute atomic E-state index is 0.729. The lowest BCUT2D eigenvalue weighted by Gasteiger charge is -2.25. The van der Waals surface area contributed by atoms with Crippen molar-refractivity contribution < 1.29 is 0 Å². The number of aryl methyl sites for hydroxylation is 1. The molecule has 0 heterocycles. The van der Waals surface area contributed by atoms with Crippen LogP contribution in [0.2, 0.25) is 0 Å². The van der Waals surface area contributed by atoms with Crippen LogP contribution in [-0.2, 0) is 0 Å². The van der Waals surface area contributed by atoms with Crippen LogP contribution in [0.1, 0.15) is 5.56 Å². The average Bonchev–Trinajstić information content (AvgIpc) is 2.05. The lowest BCUT2D eigenvalue weighted by Crippen LogP contribution is -2.33. The van der Waals surface area contributed by atoms with E-state index in [2.05, 4.69) is 51.9 Å². The highest BCUT2D eigenvalue weighted by Crippen LogP contribution is 2.22. The zero-order chi connectivity index (χ0) is 9.19. The van der Waals surface area contributed by atoms with Gasteiger partial charge in [0.25, 0.3) is 0 Å². The first-order valence-corrected chi connectivity index (χ1v) is 4.11. The first-order chi connectivity index (χ1) is 5.58.